The van der Waals surface area contributed by atoms with Gasteiger partial charge in [0.2, 0.25) is 10.0 Å². The molecule has 20 heavy (non-hydrogen) atoms. The molecule has 0 aliphatic heterocycles. The highest BCUT2D eigenvalue weighted by Gasteiger charge is 2.42. The number of benzene rings is 1. The first-order chi connectivity index (χ1) is 9.46. The van der Waals surface area contributed by atoms with Crippen LogP contribution in [0.4, 0.5) is 0 Å². The second-order valence-corrected chi connectivity index (χ2v) is 8.24. The molecule has 3 N–H and O–H groups in total. The fourth-order valence-electron chi connectivity index (χ4n) is 2.21. The van der Waals surface area contributed by atoms with Gasteiger partial charge in [-0.25, -0.2) is 13.1 Å². The van der Waals surface area contributed by atoms with E-state index in [4.69, 9.17) is 5.73 Å². The van der Waals surface area contributed by atoms with Crippen LogP contribution in [0.1, 0.15) is 30.9 Å². The summed E-state index contributed by atoms with van der Waals surface area (Å²) in [4.78, 5) is 0.312. The molecule has 1 aromatic rings. The SMILES string of the molecule is CCc1ccc(S(=O)(=O)NCC2(SC)CC2)cc1CN. The number of nitrogens with one attached hydrogen (secondary N) is 1. The Labute approximate surface area is 125 Å². The van der Waals surface area contributed by atoms with Gasteiger partial charge < -0.3 is 5.73 Å². The van der Waals surface area contributed by atoms with Crippen molar-refractivity contribution in [3.05, 3.63) is 29.3 Å². The molecular weight excluding hydrogens is 292 g/mol. The fraction of sp³-hybridized carbons (Fsp3) is 0.571. The summed E-state index contributed by atoms with van der Waals surface area (Å²) in [5.74, 6) is 0. The van der Waals surface area contributed by atoms with Crippen LogP contribution in [0.3, 0.4) is 0 Å². The minimum Gasteiger partial charge on any atom is -0.326 e. The van der Waals surface area contributed by atoms with Crippen molar-refractivity contribution in [2.24, 2.45) is 5.73 Å². The number of thioether (sulfide) groups is 1. The lowest BCUT2D eigenvalue weighted by Gasteiger charge is -2.14. The van der Waals surface area contributed by atoms with Crippen LogP contribution in [0, 0.1) is 0 Å². The van der Waals surface area contributed by atoms with Crippen LogP contribution >= 0.6 is 11.8 Å². The normalized spacial score (nSPS) is 17.1. The number of hydrogen-bond donors (Lipinski definition) is 2. The van der Waals surface area contributed by atoms with E-state index >= 15 is 0 Å². The predicted octanol–water partition coefficient (Wildman–Crippen LogP) is 1.88. The highest BCUT2D eigenvalue weighted by molar-refractivity contribution is 8.00. The van der Waals surface area contributed by atoms with Gasteiger partial charge in [-0.3, -0.25) is 0 Å². The Kier molecular flexibility index (Phi) is 4.79. The van der Waals surface area contributed by atoms with Crippen molar-refractivity contribution < 1.29 is 8.42 Å². The maximum atomic E-state index is 12.3. The molecule has 0 radical (unpaired) electrons. The number of nitrogens with two attached hydrogens (primary N) is 1. The van der Waals surface area contributed by atoms with Crippen molar-refractivity contribution in [1.82, 2.24) is 4.72 Å². The smallest absolute Gasteiger partial charge is 0.240 e. The van der Waals surface area contributed by atoms with E-state index in [1.807, 2.05) is 19.2 Å². The van der Waals surface area contributed by atoms with E-state index in [9.17, 15) is 8.42 Å². The Morgan fingerprint density at radius 3 is 2.55 bits per heavy atom. The molecule has 1 aromatic carbocycles. The van der Waals surface area contributed by atoms with Crippen molar-refractivity contribution in [2.45, 2.75) is 42.4 Å². The summed E-state index contributed by atoms with van der Waals surface area (Å²) in [5.41, 5.74) is 7.70. The first kappa shape index (κ1) is 15.8. The largest absolute Gasteiger partial charge is 0.326 e. The zero-order valence-corrected chi connectivity index (χ0v) is 13.6. The zero-order valence-electron chi connectivity index (χ0n) is 12.0. The summed E-state index contributed by atoms with van der Waals surface area (Å²) in [6.45, 7) is 2.90. The average molecular weight is 314 g/mol. The number of rotatable bonds is 7. The van der Waals surface area contributed by atoms with Crippen molar-refractivity contribution in [3.63, 3.8) is 0 Å². The van der Waals surface area contributed by atoms with Crippen LogP contribution in [0.2, 0.25) is 0 Å². The molecule has 0 unspecified atom stereocenters. The van der Waals surface area contributed by atoms with Crippen molar-refractivity contribution >= 4 is 21.8 Å². The topological polar surface area (TPSA) is 72.2 Å². The summed E-state index contributed by atoms with van der Waals surface area (Å²) < 4.78 is 27.5. The minimum absolute atomic E-state index is 0.118. The van der Waals surface area contributed by atoms with Gasteiger partial charge in [-0.05, 0) is 48.8 Å². The van der Waals surface area contributed by atoms with E-state index in [2.05, 4.69) is 4.72 Å². The summed E-state index contributed by atoms with van der Waals surface area (Å²) in [7, 11) is -3.44. The lowest BCUT2D eigenvalue weighted by Crippen LogP contribution is -2.31. The third-order valence-corrected chi connectivity index (χ3v) is 6.73. The van der Waals surface area contributed by atoms with E-state index in [1.165, 1.54) is 0 Å². The zero-order chi connectivity index (χ0) is 14.8. The fourth-order valence-corrected chi connectivity index (χ4v) is 4.20. The second-order valence-electron chi connectivity index (χ2n) is 5.20. The van der Waals surface area contributed by atoms with Gasteiger partial charge in [0, 0.05) is 17.8 Å². The molecule has 0 bridgehead atoms. The van der Waals surface area contributed by atoms with E-state index in [0.29, 0.717) is 18.0 Å². The van der Waals surface area contributed by atoms with Gasteiger partial charge in [-0.1, -0.05) is 13.0 Å². The van der Waals surface area contributed by atoms with E-state index in [1.54, 1.807) is 23.9 Å². The van der Waals surface area contributed by atoms with Gasteiger partial charge in [0.1, 0.15) is 0 Å². The average Bonchev–Trinajstić information content (AvgIpc) is 3.25. The van der Waals surface area contributed by atoms with Crippen molar-refractivity contribution in [2.75, 3.05) is 12.8 Å². The molecule has 0 amide bonds. The molecule has 0 atom stereocenters. The molecule has 0 heterocycles. The first-order valence-corrected chi connectivity index (χ1v) is 9.54. The van der Waals surface area contributed by atoms with Crippen LogP contribution < -0.4 is 10.5 Å². The Bertz CT molecular complexity index is 581. The third kappa shape index (κ3) is 3.36. The molecule has 4 nitrogen and oxygen atoms in total. The molecular formula is C14H22N2O2S2. The molecule has 1 fully saturated rings. The molecule has 112 valence electrons. The molecule has 2 rings (SSSR count). The van der Waals surface area contributed by atoms with Gasteiger partial charge in [-0.15, -0.1) is 0 Å². The lowest BCUT2D eigenvalue weighted by molar-refractivity contribution is 0.579. The Morgan fingerprint density at radius 1 is 1.35 bits per heavy atom. The highest BCUT2D eigenvalue weighted by Crippen LogP contribution is 2.46. The van der Waals surface area contributed by atoms with Gasteiger partial charge in [0.05, 0.1) is 4.90 Å². The summed E-state index contributed by atoms with van der Waals surface area (Å²) >= 11 is 1.74. The van der Waals surface area contributed by atoms with Crippen LogP contribution in [0.25, 0.3) is 0 Å². The van der Waals surface area contributed by atoms with Gasteiger partial charge in [-0.2, -0.15) is 11.8 Å². The van der Waals surface area contributed by atoms with Crippen molar-refractivity contribution in [1.29, 1.82) is 0 Å². The van der Waals surface area contributed by atoms with E-state index < -0.39 is 10.0 Å². The highest BCUT2D eigenvalue weighted by atomic mass is 32.2. The van der Waals surface area contributed by atoms with Gasteiger partial charge >= 0.3 is 0 Å². The molecule has 0 saturated heterocycles. The van der Waals surface area contributed by atoms with Crippen LogP contribution in [-0.4, -0.2) is 26.0 Å². The van der Waals surface area contributed by atoms with E-state index in [-0.39, 0.29) is 4.75 Å². The molecule has 1 aliphatic rings. The Morgan fingerprint density at radius 2 is 2.05 bits per heavy atom. The molecule has 1 aliphatic carbocycles. The minimum atomic E-state index is -3.44. The number of sulfonamides is 1. The van der Waals surface area contributed by atoms with Crippen molar-refractivity contribution in [3.8, 4) is 0 Å². The Hall–Kier alpha value is -0.560. The van der Waals surface area contributed by atoms with Gasteiger partial charge in [0.25, 0.3) is 0 Å². The Balaban J connectivity index is 2.16. The van der Waals surface area contributed by atoms with Crippen LogP contribution in [0.5, 0.6) is 0 Å². The maximum Gasteiger partial charge on any atom is 0.240 e. The summed E-state index contributed by atoms with van der Waals surface area (Å²) in [6.07, 6.45) is 5.05. The number of hydrogen-bond acceptors (Lipinski definition) is 4. The standard InChI is InChI=1S/C14H22N2O2S2/c1-3-11-4-5-13(8-12(11)9-15)20(17,18)16-10-14(19-2)6-7-14/h4-5,8,16H,3,6-7,9-10,15H2,1-2H3. The maximum absolute atomic E-state index is 12.3. The monoisotopic (exact) mass is 314 g/mol. The van der Waals surface area contributed by atoms with Crippen LogP contribution in [0.15, 0.2) is 23.1 Å². The molecule has 1 saturated carbocycles. The molecule has 6 heteroatoms. The van der Waals surface area contributed by atoms with Gasteiger partial charge in [0.15, 0.2) is 0 Å². The summed E-state index contributed by atoms with van der Waals surface area (Å²) in [5, 5.41) is 0. The predicted molar refractivity (Wildman–Crippen MR) is 84.4 cm³/mol. The third-order valence-electron chi connectivity index (χ3n) is 3.91. The van der Waals surface area contributed by atoms with E-state index in [0.717, 1.165) is 30.4 Å². The first-order valence-electron chi connectivity index (χ1n) is 6.83. The molecule has 0 aromatic heterocycles. The lowest BCUT2D eigenvalue weighted by atomic mass is 10.1. The second kappa shape index (κ2) is 6.05. The van der Waals surface area contributed by atoms with Crippen LogP contribution in [-0.2, 0) is 23.0 Å². The summed E-state index contributed by atoms with van der Waals surface area (Å²) in [6, 6.07) is 5.22. The quantitative estimate of drug-likeness (QED) is 0.806. The molecule has 0 spiro atoms. The number of aryl methyl sites for hydroxylation is 1.